The Morgan fingerprint density at radius 2 is 1.66 bits per heavy atom. The SMILES string of the molecule is CCOc1ccc(NC(=S)Nc2ccc(Cl)c(S(=O)(=O)Nc3ccccc3OC)c2)cc1. The van der Waals surface area contributed by atoms with Crippen LogP contribution in [0.1, 0.15) is 6.92 Å². The Labute approximate surface area is 197 Å². The number of methoxy groups -OCH3 is 1. The van der Waals surface area contributed by atoms with E-state index in [2.05, 4.69) is 15.4 Å². The van der Waals surface area contributed by atoms with Crippen LogP contribution in [0.15, 0.2) is 71.6 Å². The van der Waals surface area contributed by atoms with Gasteiger partial charge < -0.3 is 20.1 Å². The van der Waals surface area contributed by atoms with Gasteiger partial charge in [0.05, 0.1) is 24.4 Å². The van der Waals surface area contributed by atoms with Crippen molar-refractivity contribution in [3.05, 3.63) is 71.8 Å². The lowest BCUT2D eigenvalue weighted by atomic mass is 10.3. The van der Waals surface area contributed by atoms with Crippen LogP contribution in [0.25, 0.3) is 0 Å². The van der Waals surface area contributed by atoms with Crippen molar-refractivity contribution in [1.82, 2.24) is 0 Å². The highest BCUT2D eigenvalue weighted by Crippen LogP contribution is 2.30. The Kier molecular flexibility index (Phi) is 7.79. The summed E-state index contributed by atoms with van der Waals surface area (Å²) in [6.07, 6.45) is 0. The van der Waals surface area contributed by atoms with Gasteiger partial charge in [0, 0.05) is 11.4 Å². The molecule has 0 aliphatic heterocycles. The average Bonchev–Trinajstić information content (AvgIpc) is 2.76. The van der Waals surface area contributed by atoms with E-state index >= 15 is 0 Å². The molecular weight excluding hydrogens is 470 g/mol. The first kappa shape index (κ1) is 23.6. The Morgan fingerprint density at radius 1 is 1.00 bits per heavy atom. The molecule has 3 aromatic rings. The van der Waals surface area contributed by atoms with Gasteiger partial charge in [-0.15, -0.1) is 0 Å². The van der Waals surface area contributed by atoms with Gasteiger partial charge in [0.25, 0.3) is 10.0 Å². The lowest BCUT2D eigenvalue weighted by Crippen LogP contribution is -2.20. The molecule has 3 aromatic carbocycles. The van der Waals surface area contributed by atoms with Crippen molar-refractivity contribution >= 4 is 56.0 Å². The molecule has 0 aliphatic carbocycles. The van der Waals surface area contributed by atoms with Gasteiger partial charge in [-0.1, -0.05) is 23.7 Å². The first-order chi connectivity index (χ1) is 15.3. The van der Waals surface area contributed by atoms with Gasteiger partial charge in [0.15, 0.2) is 5.11 Å². The third-order valence-electron chi connectivity index (χ3n) is 4.25. The fourth-order valence-corrected chi connectivity index (χ4v) is 4.64. The van der Waals surface area contributed by atoms with Gasteiger partial charge >= 0.3 is 0 Å². The third kappa shape index (κ3) is 6.03. The summed E-state index contributed by atoms with van der Waals surface area (Å²) in [7, 11) is -2.52. The van der Waals surface area contributed by atoms with Crippen molar-refractivity contribution in [2.75, 3.05) is 29.1 Å². The highest BCUT2D eigenvalue weighted by molar-refractivity contribution is 7.92. The summed E-state index contributed by atoms with van der Waals surface area (Å²) < 4.78 is 39.1. The molecule has 0 heterocycles. The molecule has 0 aliphatic rings. The van der Waals surface area contributed by atoms with Crippen molar-refractivity contribution < 1.29 is 17.9 Å². The minimum absolute atomic E-state index is 0.0725. The highest BCUT2D eigenvalue weighted by Gasteiger charge is 2.20. The number of thiocarbonyl (C=S) groups is 1. The second kappa shape index (κ2) is 10.5. The summed E-state index contributed by atoms with van der Waals surface area (Å²) in [5.41, 5.74) is 1.51. The van der Waals surface area contributed by atoms with Gasteiger partial charge in [0.2, 0.25) is 0 Å². The zero-order valence-electron chi connectivity index (χ0n) is 17.4. The van der Waals surface area contributed by atoms with E-state index in [1.54, 1.807) is 30.3 Å². The van der Waals surface area contributed by atoms with Crippen LogP contribution in [-0.4, -0.2) is 27.2 Å². The summed E-state index contributed by atoms with van der Waals surface area (Å²) in [5.74, 6) is 1.15. The largest absolute Gasteiger partial charge is 0.495 e. The summed E-state index contributed by atoms with van der Waals surface area (Å²) in [6.45, 7) is 2.50. The molecule has 0 atom stereocenters. The molecule has 0 saturated heterocycles. The molecule has 3 rings (SSSR count). The van der Waals surface area contributed by atoms with E-state index in [4.69, 9.17) is 33.3 Å². The molecule has 3 N–H and O–H groups in total. The van der Waals surface area contributed by atoms with Crippen molar-refractivity contribution in [1.29, 1.82) is 0 Å². The smallest absolute Gasteiger partial charge is 0.263 e. The monoisotopic (exact) mass is 491 g/mol. The van der Waals surface area contributed by atoms with E-state index in [1.807, 2.05) is 31.2 Å². The first-order valence-corrected chi connectivity index (χ1v) is 11.9. The maximum atomic E-state index is 13.0. The topological polar surface area (TPSA) is 88.7 Å². The summed E-state index contributed by atoms with van der Waals surface area (Å²) in [4.78, 5) is -0.0982. The minimum atomic E-state index is -3.98. The molecule has 0 aromatic heterocycles. The van der Waals surface area contributed by atoms with Gasteiger partial charge in [0.1, 0.15) is 16.4 Å². The second-order valence-electron chi connectivity index (χ2n) is 6.49. The predicted molar refractivity (Wildman–Crippen MR) is 133 cm³/mol. The molecular formula is C22H22ClN3O4S2. The van der Waals surface area contributed by atoms with Crippen LogP contribution >= 0.6 is 23.8 Å². The van der Waals surface area contributed by atoms with Crippen LogP contribution in [0.2, 0.25) is 5.02 Å². The molecule has 0 amide bonds. The van der Waals surface area contributed by atoms with Crippen LogP contribution in [-0.2, 0) is 10.0 Å². The lowest BCUT2D eigenvalue weighted by Gasteiger charge is -2.15. The fraction of sp³-hybridized carbons (Fsp3) is 0.136. The van der Waals surface area contributed by atoms with Crippen molar-refractivity contribution in [3.8, 4) is 11.5 Å². The molecule has 0 unspecified atom stereocenters. The molecule has 10 heteroatoms. The molecule has 32 heavy (non-hydrogen) atoms. The zero-order chi connectivity index (χ0) is 23.1. The number of sulfonamides is 1. The van der Waals surface area contributed by atoms with Crippen molar-refractivity contribution in [2.45, 2.75) is 11.8 Å². The third-order valence-corrected chi connectivity index (χ3v) is 6.30. The molecule has 7 nitrogen and oxygen atoms in total. The number of para-hydroxylation sites is 2. The maximum Gasteiger partial charge on any atom is 0.263 e. The Balaban J connectivity index is 1.75. The minimum Gasteiger partial charge on any atom is -0.495 e. The highest BCUT2D eigenvalue weighted by atomic mass is 35.5. The molecule has 168 valence electrons. The average molecular weight is 492 g/mol. The van der Waals surface area contributed by atoms with E-state index in [-0.39, 0.29) is 15.0 Å². The van der Waals surface area contributed by atoms with E-state index in [0.29, 0.717) is 23.7 Å². The Bertz CT molecular complexity index is 1200. The number of ether oxygens (including phenoxy) is 2. The summed E-state index contributed by atoms with van der Waals surface area (Å²) >= 11 is 11.5. The number of nitrogens with one attached hydrogen (secondary N) is 3. The van der Waals surface area contributed by atoms with Crippen molar-refractivity contribution in [3.63, 3.8) is 0 Å². The van der Waals surface area contributed by atoms with Crippen LogP contribution in [0.4, 0.5) is 17.1 Å². The van der Waals surface area contributed by atoms with E-state index in [1.165, 1.54) is 19.2 Å². The molecule has 0 fully saturated rings. The van der Waals surface area contributed by atoms with Crippen LogP contribution in [0.3, 0.4) is 0 Å². The van der Waals surface area contributed by atoms with Gasteiger partial charge in [-0.05, 0) is 73.7 Å². The lowest BCUT2D eigenvalue weighted by molar-refractivity contribution is 0.340. The van der Waals surface area contributed by atoms with E-state index in [9.17, 15) is 8.42 Å². The number of hydrogen-bond donors (Lipinski definition) is 3. The van der Waals surface area contributed by atoms with Gasteiger partial charge in [-0.2, -0.15) is 0 Å². The van der Waals surface area contributed by atoms with Crippen LogP contribution < -0.4 is 24.8 Å². The summed E-state index contributed by atoms with van der Waals surface area (Å²) in [5, 5.41) is 6.37. The Hall–Kier alpha value is -3.01. The number of anilines is 3. The molecule has 0 saturated carbocycles. The quantitative estimate of drug-likeness (QED) is 0.366. The van der Waals surface area contributed by atoms with Gasteiger partial charge in [-0.3, -0.25) is 4.72 Å². The zero-order valence-corrected chi connectivity index (χ0v) is 19.8. The summed E-state index contributed by atoms with van der Waals surface area (Å²) in [6, 6.07) is 18.5. The molecule has 0 radical (unpaired) electrons. The first-order valence-electron chi connectivity index (χ1n) is 9.58. The molecule has 0 spiro atoms. The molecule has 0 bridgehead atoms. The Morgan fingerprint density at radius 3 is 2.34 bits per heavy atom. The van der Waals surface area contributed by atoms with Crippen LogP contribution in [0.5, 0.6) is 11.5 Å². The second-order valence-corrected chi connectivity index (χ2v) is 8.95. The maximum absolute atomic E-state index is 13.0. The van der Waals surface area contributed by atoms with Crippen LogP contribution in [0, 0.1) is 0 Å². The van der Waals surface area contributed by atoms with E-state index < -0.39 is 10.0 Å². The number of hydrogen-bond acceptors (Lipinski definition) is 5. The van der Waals surface area contributed by atoms with Crippen molar-refractivity contribution in [2.24, 2.45) is 0 Å². The number of halogens is 1. The van der Waals surface area contributed by atoms with Gasteiger partial charge in [-0.25, -0.2) is 8.42 Å². The number of benzene rings is 3. The normalized spacial score (nSPS) is 10.8. The predicted octanol–water partition coefficient (Wildman–Crippen LogP) is 5.36. The standard InChI is InChI=1S/C22H22ClN3O4S2/c1-3-30-17-11-8-15(9-12-17)24-22(31)25-16-10-13-18(23)21(14-16)32(27,28)26-19-6-4-5-7-20(19)29-2/h4-14,26H,3H2,1-2H3,(H2,24,25,31). The fourth-order valence-electron chi connectivity index (χ4n) is 2.81. The van der Waals surface area contributed by atoms with E-state index in [0.717, 1.165) is 11.4 Å². The number of rotatable bonds is 8.